The van der Waals surface area contributed by atoms with Gasteiger partial charge in [0.2, 0.25) is 0 Å². The Hall–Kier alpha value is -1.09. The molecule has 1 aromatic heterocycles. The number of hydrogen-bond donors (Lipinski definition) is 0. The highest BCUT2D eigenvalue weighted by molar-refractivity contribution is 5.99. The molecule has 3 heteroatoms. The zero-order chi connectivity index (χ0) is 9.26. The first-order valence-electron chi connectivity index (χ1n) is 4.49. The second kappa shape index (κ2) is 3.34. The molecule has 1 aliphatic rings. The molecule has 1 aromatic rings. The SMILES string of the molecule is CC1CCC(C(=O)c2ccoc2)O1. The van der Waals surface area contributed by atoms with Crippen LogP contribution in [-0.2, 0) is 4.74 Å². The summed E-state index contributed by atoms with van der Waals surface area (Å²) < 4.78 is 10.3. The molecule has 0 bridgehead atoms. The molecule has 2 unspecified atom stereocenters. The number of Topliss-reactive ketones (excluding diaryl/α,β-unsaturated/α-hetero) is 1. The molecule has 2 atom stereocenters. The number of furan rings is 1. The van der Waals surface area contributed by atoms with Crippen LogP contribution in [0.25, 0.3) is 0 Å². The molecule has 1 fully saturated rings. The van der Waals surface area contributed by atoms with Gasteiger partial charge in [0, 0.05) is 0 Å². The van der Waals surface area contributed by atoms with Gasteiger partial charge in [-0.15, -0.1) is 0 Å². The lowest BCUT2D eigenvalue weighted by Gasteiger charge is -2.07. The van der Waals surface area contributed by atoms with E-state index in [2.05, 4.69) is 0 Å². The maximum atomic E-state index is 11.7. The lowest BCUT2D eigenvalue weighted by molar-refractivity contribution is 0.0433. The largest absolute Gasteiger partial charge is 0.472 e. The molecule has 0 aromatic carbocycles. The molecule has 1 aliphatic heterocycles. The van der Waals surface area contributed by atoms with Crippen LogP contribution in [0.2, 0.25) is 0 Å². The third-order valence-corrected chi connectivity index (χ3v) is 2.33. The van der Waals surface area contributed by atoms with Crippen molar-refractivity contribution in [3.63, 3.8) is 0 Å². The van der Waals surface area contributed by atoms with Gasteiger partial charge in [-0.3, -0.25) is 4.79 Å². The van der Waals surface area contributed by atoms with Crippen LogP contribution in [0, 0.1) is 0 Å². The van der Waals surface area contributed by atoms with Crippen LogP contribution in [0.15, 0.2) is 23.0 Å². The minimum atomic E-state index is -0.257. The van der Waals surface area contributed by atoms with Crippen molar-refractivity contribution in [1.82, 2.24) is 0 Å². The molecule has 0 amide bonds. The average molecular weight is 180 g/mol. The summed E-state index contributed by atoms with van der Waals surface area (Å²) in [5.74, 6) is 0.0399. The van der Waals surface area contributed by atoms with Crippen LogP contribution in [0.3, 0.4) is 0 Å². The van der Waals surface area contributed by atoms with E-state index in [9.17, 15) is 4.79 Å². The lowest BCUT2D eigenvalue weighted by atomic mass is 10.1. The van der Waals surface area contributed by atoms with Crippen molar-refractivity contribution in [2.45, 2.75) is 32.0 Å². The average Bonchev–Trinajstić information content (AvgIpc) is 2.72. The van der Waals surface area contributed by atoms with E-state index in [1.54, 1.807) is 6.07 Å². The Morgan fingerprint density at radius 3 is 2.92 bits per heavy atom. The summed E-state index contributed by atoms with van der Waals surface area (Å²) in [6.07, 6.45) is 4.72. The fraction of sp³-hybridized carbons (Fsp3) is 0.500. The van der Waals surface area contributed by atoms with Gasteiger partial charge in [0.15, 0.2) is 5.78 Å². The molecular formula is C10H12O3. The van der Waals surface area contributed by atoms with E-state index in [-0.39, 0.29) is 18.0 Å². The number of carbonyl (C=O) groups is 1. The monoisotopic (exact) mass is 180 g/mol. The summed E-state index contributed by atoms with van der Waals surface area (Å²) in [6.45, 7) is 1.99. The van der Waals surface area contributed by atoms with Crippen LogP contribution < -0.4 is 0 Å². The van der Waals surface area contributed by atoms with E-state index in [4.69, 9.17) is 9.15 Å². The van der Waals surface area contributed by atoms with Gasteiger partial charge in [0.1, 0.15) is 12.4 Å². The van der Waals surface area contributed by atoms with Crippen molar-refractivity contribution in [3.8, 4) is 0 Å². The number of ketones is 1. The van der Waals surface area contributed by atoms with E-state index < -0.39 is 0 Å². The summed E-state index contributed by atoms with van der Waals surface area (Å²) in [4.78, 5) is 11.7. The van der Waals surface area contributed by atoms with E-state index in [0.717, 1.165) is 12.8 Å². The molecular weight excluding hydrogens is 168 g/mol. The summed E-state index contributed by atoms with van der Waals surface area (Å²) in [5.41, 5.74) is 0.610. The summed E-state index contributed by atoms with van der Waals surface area (Å²) in [7, 11) is 0. The van der Waals surface area contributed by atoms with E-state index in [0.29, 0.717) is 5.56 Å². The van der Waals surface area contributed by atoms with E-state index in [1.807, 2.05) is 6.92 Å². The predicted molar refractivity (Wildman–Crippen MR) is 46.6 cm³/mol. The van der Waals surface area contributed by atoms with Crippen LogP contribution in [0.4, 0.5) is 0 Å². The second-order valence-corrected chi connectivity index (χ2v) is 3.39. The predicted octanol–water partition coefficient (Wildman–Crippen LogP) is 2.03. The number of hydrogen-bond acceptors (Lipinski definition) is 3. The number of rotatable bonds is 2. The highest BCUT2D eigenvalue weighted by Crippen LogP contribution is 2.22. The third-order valence-electron chi connectivity index (χ3n) is 2.33. The van der Waals surface area contributed by atoms with Crippen molar-refractivity contribution in [2.75, 3.05) is 0 Å². The van der Waals surface area contributed by atoms with Crippen molar-refractivity contribution in [2.24, 2.45) is 0 Å². The molecule has 2 heterocycles. The summed E-state index contributed by atoms with van der Waals surface area (Å²) in [5, 5.41) is 0. The first-order chi connectivity index (χ1) is 6.27. The highest BCUT2D eigenvalue weighted by atomic mass is 16.5. The van der Waals surface area contributed by atoms with Gasteiger partial charge in [-0.1, -0.05) is 0 Å². The molecule has 0 aliphatic carbocycles. The summed E-state index contributed by atoms with van der Waals surface area (Å²) in [6, 6.07) is 1.68. The van der Waals surface area contributed by atoms with Gasteiger partial charge >= 0.3 is 0 Å². The lowest BCUT2D eigenvalue weighted by Crippen LogP contribution is -2.20. The van der Waals surface area contributed by atoms with Gasteiger partial charge in [0.25, 0.3) is 0 Å². The van der Waals surface area contributed by atoms with Crippen molar-refractivity contribution >= 4 is 5.78 Å². The standard InChI is InChI=1S/C10H12O3/c1-7-2-3-9(13-7)10(11)8-4-5-12-6-8/h4-7,9H,2-3H2,1H3. The molecule has 1 saturated heterocycles. The summed E-state index contributed by atoms with van der Waals surface area (Å²) >= 11 is 0. The second-order valence-electron chi connectivity index (χ2n) is 3.39. The fourth-order valence-electron chi connectivity index (χ4n) is 1.59. The van der Waals surface area contributed by atoms with E-state index in [1.165, 1.54) is 12.5 Å². The Kier molecular flexibility index (Phi) is 2.19. The topological polar surface area (TPSA) is 39.4 Å². The number of ether oxygens (including phenoxy) is 1. The van der Waals surface area contributed by atoms with Crippen LogP contribution in [-0.4, -0.2) is 18.0 Å². The van der Waals surface area contributed by atoms with Crippen LogP contribution in [0.5, 0.6) is 0 Å². The van der Waals surface area contributed by atoms with Gasteiger partial charge in [-0.2, -0.15) is 0 Å². The first-order valence-corrected chi connectivity index (χ1v) is 4.49. The molecule has 13 heavy (non-hydrogen) atoms. The third kappa shape index (κ3) is 1.65. The Morgan fingerprint density at radius 2 is 2.38 bits per heavy atom. The normalized spacial score (nSPS) is 27.8. The van der Waals surface area contributed by atoms with Gasteiger partial charge < -0.3 is 9.15 Å². The molecule has 0 saturated carbocycles. The van der Waals surface area contributed by atoms with Crippen molar-refractivity contribution < 1.29 is 13.9 Å². The number of carbonyl (C=O) groups excluding carboxylic acids is 1. The maximum Gasteiger partial charge on any atom is 0.194 e. The van der Waals surface area contributed by atoms with Gasteiger partial charge in [-0.05, 0) is 25.8 Å². The molecule has 0 radical (unpaired) electrons. The van der Waals surface area contributed by atoms with E-state index >= 15 is 0 Å². The van der Waals surface area contributed by atoms with Crippen molar-refractivity contribution in [3.05, 3.63) is 24.2 Å². The maximum absolute atomic E-state index is 11.7. The molecule has 2 rings (SSSR count). The molecule has 0 N–H and O–H groups in total. The quantitative estimate of drug-likeness (QED) is 0.654. The Labute approximate surface area is 76.7 Å². The molecule has 70 valence electrons. The Bertz CT molecular complexity index is 289. The Morgan fingerprint density at radius 1 is 1.54 bits per heavy atom. The highest BCUT2D eigenvalue weighted by Gasteiger charge is 2.29. The zero-order valence-corrected chi connectivity index (χ0v) is 7.53. The van der Waals surface area contributed by atoms with Gasteiger partial charge in [-0.25, -0.2) is 0 Å². The zero-order valence-electron chi connectivity index (χ0n) is 7.53. The van der Waals surface area contributed by atoms with Crippen LogP contribution in [0.1, 0.15) is 30.1 Å². The smallest absolute Gasteiger partial charge is 0.194 e. The minimum absolute atomic E-state index is 0.0399. The minimum Gasteiger partial charge on any atom is -0.472 e. The fourth-order valence-corrected chi connectivity index (χ4v) is 1.59. The molecule has 3 nitrogen and oxygen atoms in total. The first kappa shape index (κ1) is 8.51. The van der Waals surface area contributed by atoms with Gasteiger partial charge in [0.05, 0.1) is 17.9 Å². The molecule has 0 spiro atoms. The van der Waals surface area contributed by atoms with Crippen molar-refractivity contribution in [1.29, 1.82) is 0 Å². The van der Waals surface area contributed by atoms with Crippen LogP contribution >= 0.6 is 0 Å². The Balaban J connectivity index is 2.06.